The van der Waals surface area contributed by atoms with Crippen molar-refractivity contribution in [2.45, 2.75) is 44.2 Å². The first-order valence-electron chi connectivity index (χ1n) is 7.29. The molecular formula is C14H25ClN2O2. The number of fused-ring (bicyclic) bond motifs is 1. The van der Waals surface area contributed by atoms with Crippen LogP contribution in [0.2, 0.25) is 0 Å². The molecule has 4 atom stereocenters. The zero-order chi connectivity index (χ0) is 12.7. The topological polar surface area (TPSA) is 55.6 Å². The lowest BCUT2D eigenvalue weighted by Crippen LogP contribution is -2.52. The van der Waals surface area contributed by atoms with E-state index in [0.717, 1.165) is 19.4 Å². The van der Waals surface area contributed by atoms with Crippen LogP contribution < -0.4 is 5.73 Å². The minimum atomic E-state index is 0. The highest BCUT2D eigenvalue weighted by molar-refractivity contribution is 5.85. The van der Waals surface area contributed by atoms with Gasteiger partial charge in [-0.2, -0.15) is 0 Å². The van der Waals surface area contributed by atoms with Gasteiger partial charge in [0.2, 0.25) is 5.91 Å². The average molecular weight is 289 g/mol. The number of rotatable bonds is 3. The van der Waals surface area contributed by atoms with E-state index in [-0.39, 0.29) is 24.6 Å². The lowest BCUT2D eigenvalue weighted by Gasteiger charge is -2.39. The number of halogens is 1. The van der Waals surface area contributed by atoms with Crippen LogP contribution in [0.3, 0.4) is 0 Å². The Labute approximate surface area is 121 Å². The van der Waals surface area contributed by atoms with Crippen molar-refractivity contribution in [2.75, 3.05) is 20.2 Å². The number of methoxy groups -OCH3 is 1. The Morgan fingerprint density at radius 3 is 2.58 bits per heavy atom. The molecule has 2 aliphatic carbocycles. The molecule has 2 N–H and O–H groups in total. The number of carbonyl (C=O) groups excluding carboxylic acids is 1. The molecule has 4 nitrogen and oxygen atoms in total. The van der Waals surface area contributed by atoms with Crippen LogP contribution in [0.1, 0.15) is 32.1 Å². The summed E-state index contributed by atoms with van der Waals surface area (Å²) in [4.78, 5) is 14.6. The van der Waals surface area contributed by atoms with Crippen LogP contribution in [0, 0.1) is 17.8 Å². The van der Waals surface area contributed by atoms with Crippen LogP contribution in [0.5, 0.6) is 0 Å². The van der Waals surface area contributed by atoms with Gasteiger partial charge in [-0.25, -0.2) is 0 Å². The Morgan fingerprint density at radius 1 is 1.32 bits per heavy atom. The maximum Gasteiger partial charge on any atom is 0.226 e. The molecule has 3 rings (SSSR count). The predicted molar refractivity (Wildman–Crippen MR) is 76.2 cm³/mol. The van der Waals surface area contributed by atoms with Gasteiger partial charge in [0.1, 0.15) is 0 Å². The fourth-order valence-electron chi connectivity index (χ4n) is 4.12. The second-order valence-corrected chi connectivity index (χ2v) is 6.09. The van der Waals surface area contributed by atoms with Gasteiger partial charge in [-0.15, -0.1) is 12.4 Å². The first-order valence-corrected chi connectivity index (χ1v) is 7.29. The molecule has 1 saturated heterocycles. The van der Waals surface area contributed by atoms with Crippen LogP contribution in [0.15, 0.2) is 0 Å². The van der Waals surface area contributed by atoms with Crippen LogP contribution in [0.25, 0.3) is 0 Å². The van der Waals surface area contributed by atoms with Gasteiger partial charge >= 0.3 is 0 Å². The third-order valence-electron chi connectivity index (χ3n) is 5.25. The number of amides is 1. The summed E-state index contributed by atoms with van der Waals surface area (Å²) in [5.41, 5.74) is 5.84. The number of nitrogens with zero attached hydrogens (tertiary/aromatic N) is 1. The smallest absolute Gasteiger partial charge is 0.226 e. The third-order valence-corrected chi connectivity index (χ3v) is 5.25. The summed E-state index contributed by atoms with van der Waals surface area (Å²) >= 11 is 0. The summed E-state index contributed by atoms with van der Waals surface area (Å²) in [5, 5.41) is 0. The second kappa shape index (κ2) is 5.98. The molecule has 0 bridgehead atoms. The zero-order valence-electron chi connectivity index (χ0n) is 11.6. The summed E-state index contributed by atoms with van der Waals surface area (Å²) < 4.78 is 5.41. The number of piperidine rings is 1. The average Bonchev–Trinajstić information content (AvgIpc) is 2.89. The molecule has 3 fully saturated rings. The molecule has 3 aliphatic rings. The summed E-state index contributed by atoms with van der Waals surface area (Å²) in [5.74, 6) is 2.13. The molecule has 4 unspecified atom stereocenters. The van der Waals surface area contributed by atoms with Crippen molar-refractivity contribution < 1.29 is 9.53 Å². The van der Waals surface area contributed by atoms with E-state index in [1.165, 1.54) is 19.3 Å². The van der Waals surface area contributed by atoms with E-state index in [0.29, 0.717) is 30.2 Å². The maximum atomic E-state index is 12.6. The Hall–Kier alpha value is -0.320. The molecule has 5 heteroatoms. The van der Waals surface area contributed by atoms with E-state index in [9.17, 15) is 4.79 Å². The molecule has 2 saturated carbocycles. The number of likely N-dealkylation sites (tertiary alicyclic amines) is 1. The largest absolute Gasteiger partial charge is 0.381 e. The summed E-state index contributed by atoms with van der Waals surface area (Å²) in [7, 11) is 1.75. The van der Waals surface area contributed by atoms with E-state index in [4.69, 9.17) is 10.5 Å². The predicted octanol–water partition coefficient (Wildman–Crippen LogP) is 1.42. The molecule has 1 heterocycles. The Balaban J connectivity index is 0.00000133. The molecule has 0 aromatic heterocycles. The zero-order valence-corrected chi connectivity index (χ0v) is 12.4. The molecule has 1 amide bonds. The summed E-state index contributed by atoms with van der Waals surface area (Å²) in [6, 6.07) is 0.192. The Bertz CT molecular complexity index is 329. The van der Waals surface area contributed by atoms with Gasteiger partial charge in [-0.3, -0.25) is 4.79 Å². The maximum absolute atomic E-state index is 12.6. The van der Waals surface area contributed by atoms with Crippen LogP contribution in [-0.4, -0.2) is 43.2 Å². The highest BCUT2D eigenvalue weighted by atomic mass is 35.5. The minimum absolute atomic E-state index is 0. The van der Waals surface area contributed by atoms with Gasteiger partial charge in [0.15, 0.2) is 0 Å². The molecule has 19 heavy (non-hydrogen) atoms. The molecule has 0 radical (unpaired) electrons. The second-order valence-electron chi connectivity index (χ2n) is 6.09. The highest BCUT2D eigenvalue weighted by Gasteiger charge is 2.58. The van der Waals surface area contributed by atoms with Crippen molar-refractivity contribution in [2.24, 2.45) is 23.5 Å². The quantitative estimate of drug-likeness (QED) is 0.854. The van der Waals surface area contributed by atoms with E-state index >= 15 is 0 Å². The molecular weight excluding hydrogens is 264 g/mol. The van der Waals surface area contributed by atoms with Crippen molar-refractivity contribution in [1.82, 2.24) is 4.90 Å². The van der Waals surface area contributed by atoms with Crippen LogP contribution in [0.4, 0.5) is 0 Å². The van der Waals surface area contributed by atoms with Crippen molar-refractivity contribution >= 4 is 18.3 Å². The molecule has 0 aromatic rings. The van der Waals surface area contributed by atoms with Gasteiger partial charge in [0.05, 0.1) is 6.10 Å². The Morgan fingerprint density at radius 2 is 2.00 bits per heavy atom. The van der Waals surface area contributed by atoms with Gasteiger partial charge in [0.25, 0.3) is 0 Å². The van der Waals surface area contributed by atoms with Gasteiger partial charge < -0.3 is 15.4 Å². The normalized spacial score (nSPS) is 40.5. The number of hydrogen-bond acceptors (Lipinski definition) is 3. The number of ether oxygens (including phenoxy) is 1. The van der Waals surface area contributed by atoms with Gasteiger partial charge in [-0.1, -0.05) is 6.42 Å². The summed E-state index contributed by atoms with van der Waals surface area (Å²) in [6.45, 7) is 1.39. The first-order chi connectivity index (χ1) is 8.76. The Kier molecular flexibility index (Phi) is 4.75. The molecule has 110 valence electrons. The third kappa shape index (κ3) is 2.63. The SMILES string of the molecule is COC1CCN(C(=O)C2C3CCCC32)C(CN)C1.Cl. The lowest BCUT2D eigenvalue weighted by atomic mass is 9.98. The first kappa shape index (κ1) is 15.1. The number of hydrogen-bond donors (Lipinski definition) is 1. The van der Waals surface area contributed by atoms with Crippen LogP contribution in [-0.2, 0) is 9.53 Å². The summed E-state index contributed by atoms with van der Waals surface area (Å²) in [6.07, 6.45) is 6.00. The number of carbonyl (C=O) groups is 1. The van der Waals surface area contributed by atoms with Crippen molar-refractivity contribution in [1.29, 1.82) is 0 Å². The van der Waals surface area contributed by atoms with E-state index in [1.807, 2.05) is 0 Å². The van der Waals surface area contributed by atoms with E-state index in [1.54, 1.807) is 7.11 Å². The molecule has 0 aromatic carbocycles. The fourth-order valence-corrected chi connectivity index (χ4v) is 4.12. The number of nitrogens with two attached hydrogens (primary N) is 1. The van der Waals surface area contributed by atoms with Crippen LogP contribution >= 0.6 is 12.4 Å². The van der Waals surface area contributed by atoms with E-state index < -0.39 is 0 Å². The van der Waals surface area contributed by atoms with Crippen molar-refractivity contribution in [3.63, 3.8) is 0 Å². The fraction of sp³-hybridized carbons (Fsp3) is 0.929. The standard InChI is InChI=1S/C14H24N2O2.ClH/c1-18-10-5-6-16(9(7-10)8-15)14(17)13-11-3-2-4-12(11)13;/h9-13H,2-8,15H2,1H3;1H. The van der Waals surface area contributed by atoms with Crippen molar-refractivity contribution in [3.05, 3.63) is 0 Å². The van der Waals surface area contributed by atoms with Gasteiger partial charge in [0, 0.05) is 32.2 Å². The van der Waals surface area contributed by atoms with Crippen molar-refractivity contribution in [3.8, 4) is 0 Å². The monoisotopic (exact) mass is 288 g/mol. The lowest BCUT2D eigenvalue weighted by molar-refractivity contribution is -0.139. The minimum Gasteiger partial charge on any atom is -0.381 e. The molecule has 0 spiro atoms. The van der Waals surface area contributed by atoms with Gasteiger partial charge in [-0.05, 0) is 37.5 Å². The van der Waals surface area contributed by atoms with E-state index in [2.05, 4.69) is 4.90 Å². The molecule has 1 aliphatic heterocycles. The highest BCUT2D eigenvalue weighted by Crippen LogP contribution is 2.58.